The molecule has 2 rings (SSSR count). The van der Waals surface area contributed by atoms with Crippen LogP contribution in [0.3, 0.4) is 0 Å². The van der Waals surface area contributed by atoms with Gasteiger partial charge in [0, 0.05) is 13.1 Å². The lowest BCUT2D eigenvalue weighted by atomic mass is 10.1. The largest absolute Gasteiger partial charge is 0.416 e. The number of halogens is 5. The molecular formula is C16H13Cl2F3N2S. The summed E-state index contributed by atoms with van der Waals surface area (Å²) >= 11 is 16.9. The van der Waals surface area contributed by atoms with Gasteiger partial charge in [-0.2, -0.15) is 13.2 Å². The molecule has 0 amide bonds. The minimum Gasteiger partial charge on any atom is -0.359 e. The lowest BCUT2D eigenvalue weighted by Gasteiger charge is -2.12. The summed E-state index contributed by atoms with van der Waals surface area (Å²) in [6.45, 7) is 0.779. The smallest absolute Gasteiger partial charge is 0.359 e. The van der Waals surface area contributed by atoms with E-state index in [-0.39, 0.29) is 0 Å². The van der Waals surface area contributed by atoms with Gasteiger partial charge in [-0.1, -0.05) is 41.4 Å². The van der Waals surface area contributed by atoms with Crippen molar-refractivity contribution in [3.8, 4) is 0 Å². The zero-order chi connectivity index (χ0) is 17.7. The molecule has 128 valence electrons. The van der Waals surface area contributed by atoms with E-state index >= 15 is 0 Å². The Morgan fingerprint density at radius 2 is 1.42 bits per heavy atom. The molecule has 24 heavy (non-hydrogen) atoms. The molecule has 0 fully saturated rings. The Balaban J connectivity index is 1.81. The quantitative estimate of drug-likeness (QED) is 0.701. The van der Waals surface area contributed by atoms with Crippen LogP contribution in [0.5, 0.6) is 0 Å². The summed E-state index contributed by atoms with van der Waals surface area (Å²) in [7, 11) is 0. The first-order valence-electron chi connectivity index (χ1n) is 6.87. The second-order valence-electron chi connectivity index (χ2n) is 4.98. The van der Waals surface area contributed by atoms with E-state index in [2.05, 4.69) is 10.6 Å². The maximum absolute atomic E-state index is 12.5. The van der Waals surface area contributed by atoms with E-state index in [1.807, 2.05) is 6.07 Å². The topological polar surface area (TPSA) is 24.1 Å². The molecule has 8 heteroatoms. The number of nitrogens with one attached hydrogen (secondary N) is 2. The molecule has 0 saturated heterocycles. The van der Waals surface area contributed by atoms with E-state index in [4.69, 9.17) is 35.4 Å². The lowest BCUT2D eigenvalue weighted by Crippen LogP contribution is -2.34. The van der Waals surface area contributed by atoms with Crippen molar-refractivity contribution in [3.63, 3.8) is 0 Å². The van der Waals surface area contributed by atoms with Crippen LogP contribution in [0.4, 0.5) is 13.2 Å². The van der Waals surface area contributed by atoms with Crippen LogP contribution >= 0.6 is 35.4 Å². The Labute approximate surface area is 153 Å². The lowest BCUT2D eigenvalue weighted by molar-refractivity contribution is -0.137. The van der Waals surface area contributed by atoms with Crippen LogP contribution in [-0.2, 0) is 19.3 Å². The number of alkyl halides is 3. The molecule has 0 atom stereocenters. The maximum atomic E-state index is 12.5. The average Bonchev–Trinajstić information content (AvgIpc) is 2.53. The number of benzene rings is 2. The summed E-state index contributed by atoms with van der Waals surface area (Å²) in [6.07, 6.45) is -4.33. The molecule has 2 aromatic carbocycles. The van der Waals surface area contributed by atoms with Crippen LogP contribution in [0, 0.1) is 0 Å². The van der Waals surface area contributed by atoms with E-state index in [0.717, 1.165) is 17.7 Å². The summed E-state index contributed by atoms with van der Waals surface area (Å²) in [5.74, 6) is 0. The van der Waals surface area contributed by atoms with Gasteiger partial charge in [0.2, 0.25) is 0 Å². The van der Waals surface area contributed by atoms with Crippen molar-refractivity contribution in [2.45, 2.75) is 19.3 Å². The highest BCUT2D eigenvalue weighted by atomic mass is 35.5. The minimum atomic E-state index is -4.33. The monoisotopic (exact) mass is 392 g/mol. The SMILES string of the molecule is FC(F)(F)c1ccc(CNC(=S)NCc2ccc(Cl)c(Cl)c2)cc1. The van der Waals surface area contributed by atoms with E-state index in [9.17, 15) is 13.2 Å². The molecule has 0 aliphatic carbocycles. The number of hydrogen-bond donors (Lipinski definition) is 2. The van der Waals surface area contributed by atoms with Crippen molar-refractivity contribution in [2.75, 3.05) is 0 Å². The van der Waals surface area contributed by atoms with Gasteiger partial charge in [0.25, 0.3) is 0 Å². The van der Waals surface area contributed by atoms with E-state index in [0.29, 0.717) is 33.8 Å². The standard InChI is InChI=1S/C16H13Cl2F3N2S/c17-13-6-3-11(7-14(13)18)9-23-15(24)22-8-10-1-4-12(5-2-10)16(19,20)21/h1-7H,8-9H2,(H2,22,23,24). The molecule has 0 aromatic heterocycles. The Kier molecular flexibility index (Phi) is 6.32. The Morgan fingerprint density at radius 1 is 0.875 bits per heavy atom. The van der Waals surface area contributed by atoms with Gasteiger partial charge in [-0.3, -0.25) is 0 Å². The van der Waals surface area contributed by atoms with Gasteiger partial charge < -0.3 is 10.6 Å². The predicted octanol–water partition coefficient (Wildman–Crippen LogP) is 5.18. The summed E-state index contributed by atoms with van der Waals surface area (Å²) in [5.41, 5.74) is 0.927. The molecule has 0 unspecified atom stereocenters. The van der Waals surface area contributed by atoms with Crippen LogP contribution in [0.1, 0.15) is 16.7 Å². The third kappa shape index (κ3) is 5.54. The highest BCUT2D eigenvalue weighted by Crippen LogP contribution is 2.29. The summed E-state index contributed by atoms with van der Waals surface area (Å²) in [6, 6.07) is 10.2. The normalized spacial score (nSPS) is 11.2. The predicted molar refractivity (Wildman–Crippen MR) is 94.2 cm³/mol. The van der Waals surface area contributed by atoms with Crippen LogP contribution in [0.2, 0.25) is 10.0 Å². The summed E-state index contributed by atoms with van der Waals surface area (Å²) in [5, 5.41) is 7.25. The first kappa shape index (κ1) is 18.8. The van der Waals surface area contributed by atoms with Crippen molar-refractivity contribution in [2.24, 2.45) is 0 Å². The van der Waals surface area contributed by atoms with E-state index in [1.165, 1.54) is 12.1 Å². The van der Waals surface area contributed by atoms with Gasteiger partial charge in [-0.15, -0.1) is 0 Å². The van der Waals surface area contributed by atoms with E-state index < -0.39 is 11.7 Å². The Morgan fingerprint density at radius 3 is 1.96 bits per heavy atom. The number of thiocarbonyl (C=S) groups is 1. The average molecular weight is 393 g/mol. The highest BCUT2D eigenvalue weighted by Gasteiger charge is 2.29. The first-order chi connectivity index (χ1) is 11.3. The summed E-state index contributed by atoms with van der Waals surface area (Å²) in [4.78, 5) is 0. The molecule has 0 bridgehead atoms. The second kappa shape index (κ2) is 8.05. The molecule has 0 aliphatic heterocycles. The van der Waals surface area contributed by atoms with E-state index in [1.54, 1.807) is 12.1 Å². The molecule has 0 radical (unpaired) electrons. The third-order valence-corrected chi connectivity index (χ3v) is 4.20. The fourth-order valence-corrected chi connectivity index (χ4v) is 2.35. The molecule has 2 aromatic rings. The van der Waals surface area contributed by atoms with Gasteiger partial charge in [0.15, 0.2) is 5.11 Å². The van der Waals surface area contributed by atoms with Crippen molar-refractivity contribution >= 4 is 40.5 Å². The number of rotatable bonds is 4. The first-order valence-corrected chi connectivity index (χ1v) is 8.04. The molecule has 2 nitrogen and oxygen atoms in total. The Bertz CT molecular complexity index is 718. The van der Waals surface area contributed by atoms with Gasteiger partial charge in [0.05, 0.1) is 15.6 Å². The fourth-order valence-electron chi connectivity index (χ4n) is 1.89. The molecular weight excluding hydrogens is 380 g/mol. The van der Waals surface area contributed by atoms with Crippen molar-refractivity contribution < 1.29 is 13.2 Å². The highest BCUT2D eigenvalue weighted by molar-refractivity contribution is 7.80. The van der Waals surface area contributed by atoms with Gasteiger partial charge in [-0.05, 0) is 47.6 Å². The summed E-state index contributed by atoms with van der Waals surface area (Å²) < 4.78 is 37.5. The van der Waals surface area contributed by atoms with Crippen LogP contribution in [-0.4, -0.2) is 5.11 Å². The zero-order valence-corrected chi connectivity index (χ0v) is 14.6. The Hall–Kier alpha value is -1.50. The zero-order valence-electron chi connectivity index (χ0n) is 12.3. The third-order valence-electron chi connectivity index (χ3n) is 3.17. The molecule has 0 aliphatic rings. The van der Waals surface area contributed by atoms with Crippen molar-refractivity contribution in [1.29, 1.82) is 0 Å². The van der Waals surface area contributed by atoms with Gasteiger partial charge in [-0.25, -0.2) is 0 Å². The number of hydrogen-bond acceptors (Lipinski definition) is 1. The molecule has 0 heterocycles. The van der Waals surface area contributed by atoms with Crippen LogP contribution in [0.15, 0.2) is 42.5 Å². The van der Waals surface area contributed by atoms with Crippen LogP contribution in [0.25, 0.3) is 0 Å². The maximum Gasteiger partial charge on any atom is 0.416 e. The molecule has 0 saturated carbocycles. The van der Waals surface area contributed by atoms with Crippen molar-refractivity contribution in [1.82, 2.24) is 10.6 Å². The minimum absolute atomic E-state index is 0.325. The fraction of sp³-hybridized carbons (Fsp3) is 0.188. The molecule has 0 spiro atoms. The van der Waals surface area contributed by atoms with Crippen molar-refractivity contribution in [3.05, 3.63) is 69.2 Å². The van der Waals surface area contributed by atoms with Gasteiger partial charge >= 0.3 is 6.18 Å². The van der Waals surface area contributed by atoms with Crippen LogP contribution < -0.4 is 10.6 Å². The second-order valence-corrected chi connectivity index (χ2v) is 6.20. The molecule has 2 N–H and O–H groups in total. The van der Waals surface area contributed by atoms with Gasteiger partial charge in [0.1, 0.15) is 0 Å².